The summed E-state index contributed by atoms with van der Waals surface area (Å²) in [5, 5.41) is 11.4. The first-order valence-electron chi connectivity index (χ1n) is 13.3. The SMILES string of the molecule is Cc1cc(C)c(S(=O)(=O)N[C@@H](C)CNc2cc(C)cc3c2cnn3-c2ccc(C(=O)N[C@@H](C)C(N)=O)cc2)c(C)c1. The second kappa shape index (κ2) is 11.7. The van der Waals surface area contributed by atoms with Crippen molar-refractivity contribution >= 4 is 38.4 Å². The van der Waals surface area contributed by atoms with Gasteiger partial charge in [0.2, 0.25) is 15.9 Å². The monoisotopic (exact) mass is 576 g/mol. The van der Waals surface area contributed by atoms with Gasteiger partial charge < -0.3 is 16.4 Å². The Morgan fingerprint density at radius 3 is 2.17 bits per heavy atom. The molecule has 0 aliphatic heterocycles. The summed E-state index contributed by atoms with van der Waals surface area (Å²) >= 11 is 0. The van der Waals surface area contributed by atoms with Crippen molar-refractivity contribution < 1.29 is 18.0 Å². The number of amides is 2. The Labute approximate surface area is 240 Å². The predicted molar refractivity (Wildman–Crippen MR) is 161 cm³/mol. The number of anilines is 1. The third kappa shape index (κ3) is 6.58. The minimum Gasteiger partial charge on any atom is -0.383 e. The molecule has 1 aromatic heterocycles. The number of carbonyl (C=O) groups excluding carboxylic acids is 2. The molecule has 0 fully saturated rings. The molecule has 10 nitrogen and oxygen atoms in total. The van der Waals surface area contributed by atoms with Crippen molar-refractivity contribution in [1.82, 2.24) is 19.8 Å². The lowest BCUT2D eigenvalue weighted by atomic mass is 10.1. The van der Waals surface area contributed by atoms with Crippen LogP contribution in [-0.4, -0.2) is 48.6 Å². The number of nitrogens with two attached hydrogens (primary N) is 1. The molecule has 0 aliphatic carbocycles. The van der Waals surface area contributed by atoms with E-state index in [0.717, 1.165) is 44.5 Å². The number of hydrogen-bond donors (Lipinski definition) is 4. The van der Waals surface area contributed by atoms with Gasteiger partial charge in [-0.05, 0) is 94.6 Å². The van der Waals surface area contributed by atoms with Crippen molar-refractivity contribution in [3.8, 4) is 5.69 Å². The molecule has 3 aromatic carbocycles. The number of carbonyl (C=O) groups is 2. The Morgan fingerprint density at radius 2 is 1.56 bits per heavy atom. The molecule has 4 rings (SSSR count). The fraction of sp³-hybridized carbons (Fsp3) is 0.300. The van der Waals surface area contributed by atoms with Gasteiger partial charge in [-0.3, -0.25) is 9.59 Å². The molecule has 0 unspecified atom stereocenters. The Kier molecular flexibility index (Phi) is 8.50. The molecule has 11 heteroatoms. The summed E-state index contributed by atoms with van der Waals surface area (Å²) in [6.45, 7) is 11.3. The van der Waals surface area contributed by atoms with E-state index >= 15 is 0 Å². The zero-order valence-electron chi connectivity index (χ0n) is 24.1. The molecule has 0 radical (unpaired) electrons. The number of rotatable bonds is 10. The van der Waals surface area contributed by atoms with Crippen LogP contribution in [0.15, 0.2) is 59.6 Å². The van der Waals surface area contributed by atoms with Crippen molar-refractivity contribution in [2.24, 2.45) is 5.73 Å². The largest absolute Gasteiger partial charge is 0.383 e. The molecule has 2 atom stereocenters. The van der Waals surface area contributed by atoms with Crippen molar-refractivity contribution in [3.05, 3.63) is 82.5 Å². The number of aromatic nitrogens is 2. The van der Waals surface area contributed by atoms with Gasteiger partial charge in [0, 0.05) is 29.2 Å². The summed E-state index contributed by atoms with van der Waals surface area (Å²) in [7, 11) is -3.70. The van der Waals surface area contributed by atoms with Gasteiger partial charge in [-0.25, -0.2) is 17.8 Å². The van der Waals surface area contributed by atoms with Crippen LogP contribution in [0.2, 0.25) is 0 Å². The smallest absolute Gasteiger partial charge is 0.251 e. The van der Waals surface area contributed by atoms with E-state index in [-0.39, 0.29) is 6.04 Å². The molecule has 0 aliphatic rings. The molecule has 0 bridgehead atoms. The Balaban J connectivity index is 1.51. The summed E-state index contributed by atoms with van der Waals surface area (Å²) in [6, 6.07) is 13.5. The van der Waals surface area contributed by atoms with E-state index in [4.69, 9.17) is 5.73 Å². The number of primary amides is 1. The Bertz CT molecular complexity index is 1700. The lowest BCUT2D eigenvalue weighted by molar-refractivity contribution is -0.119. The van der Waals surface area contributed by atoms with E-state index < -0.39 is 27.9 Å². The van der Waals surface area contributed by atoms with Gasteiger partial charge in [-0.1, -0.05) is 17.7 Å². The minimum absolute atomic E-state index is 0.319. The number of nitrogens with one attached hydrogen (secondary N) is 3. The standard InChI is InChI=1S/C30H36N6O4S/c1-17-11-19(3)28(20(4)12-17)41(39,40)35-21(5)15-32-26-13-18(2)14-27-25(26)16-33-36(27)24-9-7-23(8-10-24)30(38)34-22(6)29(31)37/h7-14,16,21-22,32,35H,15H2,1-6H3,(H2,31,37)(H,34,38)/t21-,22-/m0/s1. The van der Waals surface area contributed by atoms with Gasteiger partial charge in [0.15, 0.2) is 0 Å². The molecule has 216 valence electrons. The van der Waals surface area contributed by atoms with Gasteiger partial charge in [0.05, 0.1) is 22.3 Å². The first kappa shape index (κ1) is 29.8. The van der Waals surface area contributed by atoms with Crippen LogP contribution < -0.4 is 21.1 Å². The normalized spacial score (nSPS) is 13.1. The van der Waals surface area contributed by atoms with Crippen molar-refractivity contribution in [3.63, 3.8) is 0 Å². The highest BCUT2D eigenvalue weighted by Gasteiger charge is 2.22. The third-order valence-corrected chi connectivity index (χ3v) is 8.70. The van der Waals surface area contributed by atoms with E-state index in [1.54, 1.807) is 35.1 Å². The number of fused-ring (bicyclic) bond motifs is 1. The second-order valence-electron chi connectivity index (χ2n) is 10.6. The maximum Gasteiger partial charge on any atom is 0.251 e. The van der Waals surface area contributed by atoms with Gasteiger partial charge in [-0.2, -0.15) is 5.10 Å². The molecule has 41 heavy (non-hydrogen) atoms. The fourth-order valence-corrected chi connectivity index (χ4v) is 6.64. The van der Waals surface area contributed by atoms with Crippen LogP contribution in [0.25, 0.3) is 16.6 Å². The van der Waals surface area contributed by atoms with Crippen LogP contribution in [0, 0.1) is 27.7 Å². The summed E-state index contributed by atoms with van der Waals surface area (Å²) in [6.07, 6.45) is 1.75. The molecule has 2 amide bonds. The van der Waals surface area contributed by atoms with Crippen molar-refractivity contribution in [2.75, 3.05) is 11.9 Å². The summed E-state index contributed by atoms with van der Waals surface area (Å²) in [4.78, 5) is 24.0. The maximum absolute atomic E-state index is 13.2. The van der Waals surface area contributed by atoms with Crippen molar-refractivity contribution in [2.45, 2.75) is 58.5 Å². The zero-order chi connectivity index (χ0) is 30.1. The van der Waals surface area contributed by atoms with Crippen LogP contribution in [-0.2, 0) is 14.8 Å². The van der Waals surface area contributed by atoms with Crippen LogP contribution in [0.4, 0.5) is 5.69 Å². The summed E-state index contributed by atoms with van der Waals surface area (Å²) in [5.41, 5.74) is 11.5. The number of sulfonamides is 1. The molecular weight excluding hydrogens is 540 g/mol. The van der Waals surface area contributed by atoms with Gasteiger partial charge in [0.1, 0.15) is 6.04 Å². The molecule has 0 saturated heterocycles. The highest BCUT2D eigenvalue weighted by atomic mass is 32.2. The third-order valence-electron chi connectivity index (χ3n) is 6.81. The summed E-state index contributed by atoms with van der Waals surface area (Å²) < 4.78 is 30.9. The Hall–Kier alpha value is -4.22. The molecule has 1 heterocycles. The van der Waals surface area contributed by atoms with E-state index in [0.29, 0.717) is 17.0 Å². The van der Waals surface area contributed by atoms with Crippen LogP contribution in [0.5, 0.6) is 0 Å². The predicted octanol–water partition coefficient (Wildman–Crippen LogP) is 3.64. The molecule has 0 saturated carbocycles. The molecule has 4 aromatic rings. The lowest BCUT2D eigenvalue weighted by Gasteiger charge is -2.19. The topological polar surface area (TPSA) is 148 Å². The van der Waals surface area contributed by atoms with Crippen LogP contribution in [0.3, 0.4) is 0 Å². The maximum atomic E-state index is 13.2. The molecule has 5 N–H and O–H groups in total. The highest BCUT2D eigenvalue weighted by Crippen LogP contribution is 2.28. The lowest BCUT2D eigenvalue weighted by Crippen LogP contribution is -2.42. The molecule has 0 spiro atoms. The fourth-order valence-electron chi connectivity index (χ4n) is 4.94. The second-order valence-corrected chi connectivity index (χ2v) is 12.2. The van der Waals surface area contributed by atoms with Gasteiger partial charge >= 0.3 is 0 Å². The van der Waals surface area contributed by atoms with Crippen molar-refractivity contribution in [1.29, 1.82) is 0 Å². The van der Waals surface area contributed by atoms with Gasteiger partial charge in [0.25, 0.3) is 5.91 Å². The first-order chi connectivity index (χ1) is 19.3. The van der Waals surface area contributed by atoms with Crippen LogP contribution in [0.1, 0.15) is 46.5 Å². The number of aryl methyl sites for hydroxylation is 4. The number of hydrogen-bond acceptors (Lipinski definition) is 6. The minimum atomic E-state index is -3.70. The quantitative estimate of drug-likeness (QED) is 0.227. The van der Waals surface area contributed by atoms with E-state index in [1.165, 1.54) is 6.92 Å². The highest BCUT2D eigenvalue weighted by molar-refractivity contribution is 7.89. The average molecular weight is 577 g/mol. The van der Waals surface area contributed by atoms with E-state index in [1.807, 2.05) is 58.9 Å². The van der Waals surface area contributed by atoms with Gasteiger partial charge in [-0.15, -0.1) is 0 Å². The zero-order valence-corrected chi connectivity index (χ0v) is 24.9. The Morgan fingerprint density at radius 1 is 0.951 bits per heavy atom. The molecular formula is C30H36N6O4S. The van der Waals surface area contributed by atoms with E-state index in [2.05, 4.69) is 20.5 Å². The van der Waals surface area contributed by atoms with Crippen LogP contribution >= 0.6 is 0 Å². The van der Waals surface area contributed by atoms with E-state index in [9.17, 15) is 18.0 Å². The summed E-state index contributed by atoms with van der Waals surface area (Å²) in [5.74, 6) is -1.01. The number of benzene rings is 3. The number of nitrogens with zero attached hydrogens (tertiary/aromatic N) is 2. The first-order valence-corrected chi connectivity index (χ1v) is 14.8. The average Bonchev–Trinajstić information content (AvgIpc) is 3.29.